The molecule has 0 saturated carbocycles. The zero-order chi connectivity index (χ0) is 5.98. The third-order valence-corrected chi connectivity index (χ3v) is 1.08. The summed E-state index contributed by atoms with van der Waals surface area (Å²) in [6.45, 7) is 1.79. The molecule has 0 radical (unpaired) electrons. The number of rotatable bonds is 2. The van der Waals surface area contributed by atoms with E-state index in [1.54, 1.807) is 4.90 Å². The van der Waals surface area contributed by atoms with Crippen LogP contribution < -0.4 is 0 Å². The van der Waals surface area contributed by atoms with Gasteiger partial charge in [0.2, 0.25) is 5.91 Å². The molecule has 0 aliphatic carbocycles. The second kappa shape index (κ2) is 1.94. The zero-order valence-electron chi connectivity index (χ0n) is 4.55. The molecule has 0 bridgehead atoms. The lowest BCUT2D eigenvalue weighted by atomic mass is 10.4. The summed E-state index contributed by atoms with van der Waals surface area (Å²) in [5.41, 5.74) is 0. The van der Waals surface area contributed by atoms with Crippen LogP contribution >= 0.6 is 0 Å². The third kappa shape index (κ3) is 1.05. The molecule has 1 aliphatic rings. The van der Waals surface area contributed by atoms with Gasteiger partial charge in [-0.2, -0.15) is 0 Å². The van der Waals surface area contributed by atoms with E-state index in [2.05, 4.69) is 0 Å². The highest BCUT2D eigenvalue weighted by atomic mass is 16.2. The van der Waals surface area contributed by atoms with Gasteiger partial charge in [-0.3, -0.25) is 4.79 Å². The molecule has 0 aromatic heterocycles. The Balaban J connectivity index is 2.22. The summed E-state index contributed by atoms with van der Waals surface area (Å²) in [5, 5.41) is 6.58. The maximum Gasteiger partial charge on any atom is 0.228 e. The van der Waals surface area contributed by atoms with E-state index in [-0.39, 0.29) is 12.3 Å². The van der Waals surface area contributed by atoms with Crippen molar-refractivity contribution in [3.05, 3.63) is 0 Å². The van der Waals surface area contributed by atoms with Crippen LogP contribution in [0.3, 0.4) is 0 Å². The summed E-state index contributed by atoms with van der Waals surface area (Å²) < 4.78 is 0. The van der Waals surface area contributed by atoms with E-state index in [4.69, 9.17) is 5.41 Å². The monoisotopic (exact) mass is 112 g/mol. The Hall–Kier alpha value is -0.860. The lowest BCUT2D eigenvalue weighted by molar-refractivity contribution is -0.124. The molecule has 3 nitrogen and oxygen atoms in total. The minimum absolute atomic E-state index is 0.0833. The average Bonchev–Trinajstić information content (AvgIpc) is 2.45. The standard InChI is InChI=1S/C5H8N2O/c6-2-1-5(8)7-3-4-7/h2,6H,1,3-4H2. The van der Waals surface area contributed by atoms with Gasteiger partial charge in [0, 0.05) is 19.3 Å². The Morgan fingerprint density at radius 3 is 2.75 bits per heavy atom. The number of hydrogen-bond donors (Lipinski definition) is 1. The molecule has 1 heterocycles. The first-order valence-corrected chi connectivity index (χ1v) is 2.61. The maximum atomic E-state index is 10.6. The Morgan fingerprint density at radius 2 is 2.38 bits per heavy atom. The molecule has 1 N–H and O–H groups in total. The summed E-state index contributed by atoms with van der Waals surface area (Å²) in [7, 11) is 0. The molecular weight excluding hydrogens is 104 g/mol. The molecule has 0 aromatic rings. The highest BCUT2D eigenvalue weighted by molar-refractivity contribution is 5.90. The second-order valence-electron chi connectivity index (χ2n) is 1.79. The predicted molar refractivity (Wildman–Crippen MR) is 30.0 cm³/mol. The first-order chi connectivity index (χ1) is 3.84. The normalized spacial score (nSPS) is 15.8. The molecule has 1 rings (SSSR count). The summed E-state index contributed by atoms with van der Waals surface area (Å²) in [5.74, 6) is 0.0833. The van der Waals surface area contributed by atoms with Crippen molar-refractivity contribution in [2.75, 3.05) is 13.1 Å². The van der Waals surface area contributed by atoms with Crippen molar-refractivity contribution in [1.82, 2.24) is 4.90 Å². The number of carbonyl (C=O) groups is 1. The summed E-state index contributed by atoms with van der Waals surface area (Å²) in [4.78, 5) is 12.3. The van der Waals surface area contributed by atoms with E-state index < -0.39 is 0 Å². The Morgan fingerprint density at radius 1 is 1.75 bits per heavy atom. The minimum Gasteiger partial charge on any atom is -0.339 e. The fourth-order valence-corrected chi connectivity index (χ4v) is 0.516. The van der Waals surface area contributed by atoms with Crippen LogP contribution in [0.25, 0.3) is 0 Å². The highest BCUT2D eigenvalue weighted by Gasteiger charge is 2.22. The molecule has 0 atom stereocenters. The van der Waals surface area contributed by atoms with E-state index in [0.29, 0.717) is 0 Å². The topological polar surface area (TPSA) is 43.9 Å². The second-order valence-corrected chi connectivity index (χ2v) is 1.79. The predicted octanol–water partition coefficient (Wildman–Crippen LogP) is -0.132. The Bertz CT molecular complexity index is 118. The van der Waals surface area contributed by atoms with Crippen LogP contribution in [0.15, 0.2) is 0 Å². The number of amides is 1. The molecule has 0 aromatic carbocycles. The van der Waals surface area contributed by atoms with E-state index in [0.717, 1.165) is 19.3 Å². The molecule has 44 valence electrons. The first-order valence-electron chi connectivity index (χ1n) is 2.61. The van der Waals surface area contributed by atoms with Gasteiger partial charge in [0.05, 0.1) is 6.42 Å². The van der Waals surface area contributed by atoms with Crippen molar-refractivity contribution in [1.29, 1.82) is 5.41 Å². The van der Waals surface area contributed by atoms with Crippen molar-refractivity contribution < 1.29 is 4.79 Å². The fourth-order valence-electron chi connectivity index (χ4n) is 0.516. The zero-order valence-corrected chi connectivity index (χ0v) is 4.55. The van der Waals surface area contributed by atoms with Crippen LogP contribution in [0.2, 0.25) is 0 Å². The SMILES string of the molecule is N=CCC(=O)N1CC1. The van der Waals surface area contributed by atoms with Crippen LogP contribution in [-0.2, 0) is 4.79 Å². The summed E-state index contributed by atoms with van der Waals surface area (Å²) in [6.07, 6.45) is 1.42. The van der Waals surface area contributed by atoms with Crippen LogP contribution in [0.5, 0.6) is 0 Å². The highest BCUT2D eigenvalue weighted by Crippen LogP contribution is 2.03. The molecule has 1 amide bonds. The lowest BCUT2D eigenvalue weighted by Crippen LogP contribution is -2.09. The fraction of sp³-hybridized carbons (Fsp3) is 0.600. The largest absolute Gasteiger partial charge is 0.339 e. The van der Waals surface area contributed by atoms with E-state index in [9.17, 15) is 4.79 Å². The van der Waals surface area contributed by atoms with Crippen molar-refractivity contribution in [2.24, 2.45) is 0 Å². The molecule has 3 heteroatoms. The van der Waals surface area contributed by atoms with Crippen molar-refractivity contribution in [3.63, 3.8) is 0 Å². The van der Waals surface area contributed by atoms with Crippen LogP contribution in [0.4, 0.5) is 0 Å². The summed E-state index contributed by atoms with van der Waals surface area (Å²) in [6, 6.07) is 0. The van der Waals surface area contributed by atoms with Gasteiger partial charge < -0.3 is 10.3 Å². The van der Waals surface area contributed by atoms with Crippen LogP contribution in [-0.4, -0.2) is 30.1 Å². The smallest absolute Gasteiger partial charge is 0.228 e. The van der Waals surface area contributed by atoms with E-state index >= 15 is 0 Å². The van der Waals surface area contributed by atoms with Gasteiger partial charge in [-0.1, -0.05) is 0 Å². The number of hydrogen-bond acceptors (Lipinski definition) is 2. The molecule has 8 heavy (non-hydrogen) atoms. The minimum atomic E-state index is 0.0833. The van der Waals surface area contributed by atoms with Gasteiger partial charge in [-0.15, -0.1) is 0 Å². The van der Waals surface area contributed by atoms with E-state index in [1.165, 1.54) is 0 Å². The lowest BCUT2D eigenvalue weighted by Gasteiger charge is -1.92. The first kappa shape index (κ1) is 5.28. The number of carbonyl (C=O) groups excluding carboxylic acids is 1. The molecule has 0 unspecified atom stereocenters. The third-order valence-electron chi connectivity index (χ3n) is 1.08. The molecule has 1 aliphatic heterocycles. The molecule has 1 fully saturated rings. The van der Waals surface area contributed by atoms with Crippen LogP contribution in [0.1, 0.15) is 6.42 Å². The van der Waals surface area contributed by atoms with Gasteiger partial charge in [-0.05, 0) is 0 Å². The van der Waals surface area contributed by atoms with Gasteiger partial charge in [0.25, 0.3) is 0 Å². The van der Waals surface area contributed by atoms with Crippen molar-refractivity contribution >= 4 is 12.1 Å². The average molecular weight is 112 g/mol. The summed E-state index contributed by atoms with van der Waals surface area (Å²) >= 11 is 0. The molecule has 0 spiro atoms. The van der Waals surface area contributed by atoms with Crippen molar-refractivity contribution in [3.8, 4) is 0 Å². The number of nitrogens with one attached hydrogen (secondary N) is 1. The van der Waals surface area contributed by atoms with Crippen LogP contribution in [0, 0.1) is 5.41 Å². The Labute approximate surface area is 47.8 Å². The van der Waals surface area contributed by atoms with Gasteiger partial charge >= 0.3 is 0 Å². The quantitative estimate of drug-likeness (QED) is 0.392. The maximum absolute atomic E-state index is 10.6. The van der Waals surface area contributed by atoms with Gasteiger partial charge in [0.1, 0.15) is 0 Å². The van der Waals surface area contributed by atoms with Gasteiger partial charge in [-0.25, -0.2) is 0 Å². The van der Waals surface area contributed by atoms with Gasteiger partial charge in [0.15, 0.2) is 0 Å². The van der Waals surface area contributed by atoms with E-state index in [1.807, 2.05) is 0 Å². The number of nitrogens with zero attached hydrogens (tertiary/aromatic N) is 1. The molecular formula is C5H8N2O. The van der Waals surface area contributed by atoms with Crippen molar-refractivity contribution in [2.45, 2.75) is 6.42 Å². The molecule has 1 saturated heterocycles. The Kier molecular flexibility index (Phi) is 1.28.